The van der Waals surface area contributed by atoms with E-state index in [4.69, 9.17) is 0 Å². The van der Waals surface area contributed by atoms with Crippen molar-refractivity contribution in [2.45, 2.75) is 39.5 Å². The Morgan fingerprint density at radius 2 is 1.90 bits per heavy atom. The molecule has 0 saturated carbocycles. The van der Waals surface area contributed by atoms with Gasteiger partial charge in [-0.2, -0.15) is 0 Å². The van der Waals surface area contributed by atoms with E-state index in [1.165, 1.54) is 0 Å². The quantitative estimate of drug-likeness (QED) is 0.735. The summed E-state index contributed by atoms with van der Waals surface area (Å²) < 4.78 is 26.7. The van der Waals surface area contributed by atoms with Gasteiger partial charge in [0, 0.05) is 13.1 Å². The summed E-state index contributed by atoms with van der Waals surface area (Å²) in [6, 6.07) is 7.72. The molecule has 0 saturated heterocycles. The van der Waals surface area contributed by atoms with Gasteiger partial charge < -0.3 is 5.32 Å². The van der Waals surface area contributed by atoms with Crippen molar-refractivity contribution in [3.05, 3.63) is 35.4 Å². The molecule has 4 nitrogen and oxygen atoms in total. The number of rotatable bonds is 9. The summed E-state index contributed by atoms with van der Waals surface area (Å²) >= 11 is 0. The van der Waals surface area contributed by atoms with Crippen molar-refractivity contribution in [1.82, 2.24) is 10.0 Å². The molecule has 0 heterocycles. The van der Waals surface area contributed by atoms with Crippen LogP contribution in [0.4, 0.5) is 0 Å². The lowest BCUT2D eigenvalue weighted by Crippen LogP contribution is -2.29. The zero-order valence-corrected chi connectivity index (χ0v) is 13.5. The second-order valence-corrected chi connectivity index (χ2v) is 7.03. The van der Waals surface area contributed by atoms with Gasteiger partial charge in [0.25, 0.3) is 0 Å². The molecule has 1 atom stereocenters. The van der Waals surface area contributed by atoms with Crippen LogP contribution in [-0.2, 0) is 22.3 Å². The van der Waals surface area contributed by atoms with E-state index < -0.39 is 10.0 Å². The van der Waals surface area contributed by atoms with Gasteiger partial charge in [-0.3, -0.25) is 0 Å². The standard InChI is InChI=1S/C15H26N2O2S/c1-4-13(3)10-17-20(18,19)12-15-8-6-7-14(9-15)11-16-5-2/h6-9,13,16-17H,4-5,10-12H2,1-3H3. The SMILES string of the molecule is CCNCc1cccc(CS(=O)(=O)NCC(C)CC)c1. The molecule has 2 N–H and O–H groups in total. The van der Waals surface area contributed by atoms with Gasteiger partial charge in [0.2, 0.25) is 10.0 Å². The Labute approximate surface area is 123 Å². The van der Waals surface area contributed by atoms with E-state index in [0.717, 1.165) is 30.6 Å². The lowest BCUT2D eigenvalue weighted by molar-refractivity contribution is 0.528. The predicted octanol–water partition coefficient (Wildman–Crippen LogP) is 2.26. The first kappa shape index (κ1) is 17.1. The number of hydrogen-bond acceptors (Lipinski definition) is 3. The summed E-state index contributed by atoms with van der Waals surface area (Å²) in [5.74, 6) is 0.411. The maximum atomic E-state index is 12.0. The van der Waals surface area contributed by atoms with Crippen molar-refractivity contribution in [3.8, 4) is 0 Å². The highest BCUT2D eigenvalue weighted by atomic mass is 32.2. The van der Waals surface area contributed by atoms with E-state index in [2.05, 4.69) is 17.0 Å². The van der Waals surface area contributed by atoms with E-state index in [-0.39, 0.29) is 5.75 Å². The molecule has 20 heavy (non-hydrogen) atoms. The van der Waals surface area contributed by atoms with Crippen molar-refractivity contribution in [3.63, 3.8) is 0 Å². The van der Waals surface area contributed by atoms with Gasteiger partial charge in [-0.05, 0) is 23.6 Å². The first-order valence-electron chi connectivity index (χ1n) is 7.22. The van der Waals surface area contributed by atoms with Gasteiger partial charge in [0.15, 0.2) is 0 Å². The predicted molar refractivity (Wildman–Crippen MR) is 83.9 cm³/mol. The lowest BCUT2D eigenvalue weighted by Gasteiger charge is -2.11. The highest BCUT2D eigenvalue weighted by Crippen LogP contribution is 2.09. The van der Waals surface area contributed by atoms with Gasteiger partial charge in [-0.1, -0.05) is 51.5 Å². The van der Waals surface area contributed by atoms with E-state index in [0.29, 0.717) is 12.5 Å². The molecule has 114 valence electrons. The molecule has 0 aliphatic carbocycles. The van der Waals surface area contributed by atoms with Gasteiger partial charge in [0.1, 0.15) is 0 Å². The number of benzene rings is 1. The summed E-state index contributed by atoms with van der Waals surface area (Å²) in [5, 5.41) is 3.24. The third kappa shape index (κ3) is 6.50. The lowest BCUT2D eigenvalue weighted by atomic mass is 10.1. The fourth-order valence-electron chi connectivity index (χ4n) is 1.78. The molecular weight excluding hydrogens is 272 g/mol. The summed E-state index contributed by atoms with van der Waals surface area (Å²) in [4.78, 5) is 0. The van der Waals surface area contributed by atoms with Crippen molar-refractivity contribution >= 4 is 10.0 Å². The fourth-order valence-corrected chi connectivity index (χ4v) is 3.04. The minimum Gasteiger partial charge on any atom is -0.313 e. The van der Waals surface area contributed by atoms with Gasteiger partial charge in [-0.15, -0.1) is 0 Å². The molecule has 1 aromatic carbocycles. The average Bonchev–Trinajstić information content (AvgIpc) is 2.42. The van der Waals surface area contributed by atoms with Gasteiger partial charge >= 0.3 is 0 Å². The first-order valence-corrected chi connectivity index (χ1v) is 8.88. The Bertz CT molecular complexity index is 500. The van der Waals surface area contributed by atoms with Crippen LogP contribution < -0.4 is 10.0 Å². The summed E-state index contributed by atoms with van der Waals surface area (Å²) in [6.07, 6.45) is 0.973. The molecule has 5 heteroatoms. The first-order chi connectivity index (χ1) is 9.46. The third-order valence-corrected chi connectivity index (χ3v) is 4.60. The van der Waals surface area contributed by atoms with Crippen molar-refractivity contribution in [2.24, 2.45) is 5.92 Å². The highest BCUT2D eigenvalue weighted by molar-refractivity contribution is 7.88. The van der Waals surface area contributed by atoms with Crippen LogP contribution in [0.15, 0.2) is 24.3 Å². The molecule has 1 rings (SSSR count). The van der Waals surface area contributed by atoms with Crippen LogP contribution in [0.1, 0.15) is 38.3 Å². The number of sulfonamides is 1. The Morgan fingerprint density at radius 1 is 1.20 bits per heavy atom. The molecular formula is C15H26N2O2S. The zero-order chi connectivity index (χ0) is 15.0. The van der Waals surface area contributed by atoms with Crippen LogP contribution in [0.25, 0.3) is 0 Å². The van der Waals surface area contributed by atoms with Crippen LogP contribution >= 0.6 is 0 Å². The molecule has 0 fully saturated rings. The topological polar surface area (TPSA) is 58.2 Å². The second kappa shape index (κ2) is 8.39. The van der Waals surface area contributed by atoms with Crippen LogP contribution in [0.2, 0.25) is 0 Å². The van der Waals surface area contributed by atoms with Crippen LogP contribution in [0.3, 0.4) is 0 Å². The second-order valence-electron chi connectivity index (χ2n) is 5.22. The Balaban J connectivity index is 2.62. The zero-order valence-electron chi connectivity index (χ0n) is 12.6. The van der Waals surface area contributed by atoms with Crippen molar-refractivity contribution in [2.75, 3.05) is 13.1 Å². The minimum atomic E-state index is -3.25. The Hall–Kier alpha value is -0.910. The molecule has 0 radical (unpaired) electrons. The average molecular weight is 298 g/mol. The van der Waals surface area contributed by atoms with E-state index in [1.54, 1.807) is 0 Å². The summed E-state index contributed by atoms with van der Waals surface area (Å²) in [7, 11) is -3.25. The number of nitrogens with one attached hydrogen (secondary N) is 2. The molecule has 0 aliphatic rings. The number of hydrogen-bond donors (Lipinski definition) is 2. The summed E-state index contributed by atoms with van der Waals surface area (Å²) in [6.45, 7) is 8.33. The Morgan fingerprint density at radius 3 is 2.55 bits per heavy atom. The molecule has 0 aromatic heterocycles. The smallest absolute Gasteiger partial charge is 0.215 e. The molecule has 0 aliphatic heterocycles. The van der Waals surface area contributed by atoms with Crippen molar-refractivity contribution < 1.29 is 8.42 Å². The normalized spacial score (nSPS) is 13.3. The van der Waals surface area contributed by atoms with Crippen LogP contribution in [0, 0.1) is 5.92 Å². The Kier molecular flexibility index (Phi) is 7.19. The van der Waals surface area contributed by atoms with Gasteiger partial charge in [-0.25, -0.2) is 13.1 Å². The monoisotopic (exact) mass is 298 g/mol. The van der Waals surface area contributed by atoms with Gasteiger partial charge in [0.05, 0.1) is 5.75 Å². The third-order valence-electron chi connectivity index (χ3n) is 3.28. The molecule has 0 spiro atoms. The van der Waals surface area contributed by atoms with Crippen molar-refractivity contribution in [1.29, 1.82) is 0 Å². The fraction of sp³-hybridized carbons (Fsp3) is 0.600. The maximum absolute atomic E-state index is 12.0. The minimum absolute atomic E-state index is 0.0450. The maximum Gasteiger partial charge on any atom is 0.215 e. The highest BCUT2D eigenvalue weighted by Gasteiger charge is 2.12. The molecule has 0 amide bonds. The summed E-state index contributed by atoms with van der Waals surface area (Å²) in [5.41, 5.74) is 1.94. The molecule has 1 unspecified atom stereocenters. The largest absolute Gasteiger partial charge is 0.313 e. The van der Waals surface area contributed by atoms with E-state index in [1.807, 2.05) is 38.1 Å². The molecule has 1 aromatic rings. The van der Waals surface area contributed by atoms with Crippen LogP contribution in [0.5, 0.6) is 0 Å². The van der Waals surface area contributed by atoms with E-state index in [9.17, 15) is 8.42 Å². The van der Waals surface area contributed by atoms with Crippen LogP contribution in [-0.4, -0.2) is 21.5 Å². The van der Waals surface area contributed by atoms with E-state index >= 15 is 0 Å². The molecule has 0 bridgehead atoms.